The zero-order chi connectivity index (χ0) is 19.3. The summed E-state index contributed by atoms with van der Waals surface area (Å²) in [5, 5.41) is 0.696. The molecule has 0 unspecified atom stereocenters. The Labute approximate surface area is 170 Å². The molecule has 0 aliphatic rings. The minimum Gasteiger partial charge on any atom is -0.337 e. The lowest BCUT2D eigenvalue weighted by molar-refractivity contribution is 0.795. The van der Waals surface area contributed by atoms with E-state index in [1.54, 1.807) is 12.4 Å². The van der Waals surface area contributed by atoms with Gasteiger partial charge < -0.3 is 4.98 Å². The Kier molecular flexibility index (Phi) is 5.54. The Bertz CT molecular complexity index is 1050. The van der Waals surface area contributed by atoms with Crippen LogP contribution in [0.25, 0.3) is 33.9 Å². The number of aromatic nitrogens is 3. The standard InChI is InChI=1S/C24H22ClN3/c1-2-3-5-17-8-10-18(11-9-17)22-23(19-12-14-26-15-13-19)28-24(27-22)20-6-4-7-21(25)16-20/h4,6-16H,2-3,5H2,1H3,(H,27,28). The SMILES string of the molecule is CCCCc1ccc(-c2nc(-c3cccc(Cl)c3)[nH]c2-c2ccncc2)cc1. The second kappa shape index (κ2) is 8.41. The molecule has 2 aromatic carbocycles. The average molecular weight is 388 g/mol. The van der Waals surface area contributed by atoms with Crippen LogP contribution in [0.1, 0.15) is 25.3 Å². The third-order valence-corrected chi connectivity index (χ3v) is 5.05. The summed E-state index contributed by atoms with van der Waals surface area (Å²) in [6, 6.07) is 20.5. The van der Waals surface area contributed by atoms with Gasteiger partial charge in [0.2, 0.25) is 0 Å². The lowest BCUT2D eigenvalue weighted by Gasteiger charge is -2.05. The molecule has 0 bridgehead atoms. The van der Waals surface area contributed by atoms with Crippen LogP contribution in [0.15, 0.2) is 73.1 Å². The highest BCUT2D eigenvalue weighted by atomic mass is 35.5. The third-order valence-electron chi connectivity index (χ3n) is 4.82. The molecule has 2 heterocycles. The lowest BCUT2D eigenvalue weighted by atomic mass is 10.0. The predicted octanol–water partition coefficient (Wildman–Crippen LogP) is 6.80. The first kappa shape index (κ1) is 18.5. The highest BCUT2D eigenvalue weighted by Gasteiger charge is 2.15. The van der Waals surface area contributed by atoms with E-state index in [0.717, 1.165) is 40.3 Å². The largest absolute Gasteiger partial charge is 0.337 e. The van der Waals surface area contributed by atoms with Crippen molar-refractivity contribution in [1.82, 2.24) is 15.0 Å². The smallest absolute Gasteiger partial charge is 0.138 e. The molecular formula is C24H22ClN3. The van der Waals surface area contributed by atoms with Gasteiger partial charge in [-0.15, -0.1) is 0 Å². The number of nitrogens with one attached hydrogen (secondary N) is 1. The minimum absolute atomic E-state index is 0.696. The van der Waals surface area contributed by atoms with E-state index < -0.39 is 0 Å². The van der Waals surface area contributed by atoms with Crippen LogP contribution in [0, 0.1) is 0 Å². The average Bonchev–Trinajstić information content (AvgIpc) is 3.19. The van der Waals surface area contributed by atoms with Gasteiger partial charge in [-0.05, 0) is 42.7 Å². The fraction of sp³-hybridized carbons (Fsp3) is 0.167. The number of hydrogen-bond acceptors (Lipinski definition) is 2. The van der Waals surface area contributed by atoms with Gasteiger partial charge in [-0.25, -0.2) is 4.98 Å². The molecule has 0 fully saturated rings. The molecule has 4 rings (SSSR count). The summed E-state index contributed by atoms with van der Waals surface area (Å²) in [5.74, 6) is 0.805. The van der Waals surface area contributed by atoms with Crippen LogP contribution in [-0.4, -0.2) is 15.0 Å². The number of benzene rings is 2. The van der Waals surface area contributed by atoms with Gasteiger partial charge in [0, 0.05) is 34.1 Å². The Morgan fingerprint density at radius 1 is 0.893 bits per heavy atom. The quantitative estimate of drug-likeness (QED) is 0.395. The number of nitrogens with zero attached hydrogens (tertiary/aromatic N) is 2. The van der Waals surface area contributed by atoms with Crippen molar-refractivity contribution < 1.29 is 0 Å². The van der Waals surface area contributed by atoms with Gasteiger partial charge in [0.25, 0.3) is 0 Å². The molecule has 4 aromatic rings. The van der Waals surface area contributed by atoms with Crippen LogP contribution >= 0.6 is 11.6 Å². The number of hydrogen-bond donors (Lipinski definition) is 1. The molecule has 0 aliphatic carbocycles. The molecule has 0 atom stereocenters. The normalized spacial score (nSPS) is 10.9. The van der Waals surface area contributed by atoms with Crippen molar-refractivity contribution in [2.45, 2.75) is 26.2 Å². The molecule has 0 saturated carbocycles. The van der Waals surface area contributed by atoms with Crippen LogP contribution in [0.2, 0.25) is 5.02 Å². The maximum absolute atomic E-state index is 6.18. The van der Waals surface area contributed by atoms with Crippen molar-refractivity contribution >= 4 is 11.6 Å². The first-order valence-electron chi connectivity index (χ1n) is 9.60. The fourth-order valence-electron chi connectivity index (χ4n) is 3.29. The summed E-state index contributed by atoms with van der Waals surface area (Å²) in [5.41, 5.74) is 6.40. The number of aromatic amines is 1. The van der Waals surface area contributed by atoms with Gasteiger partial charge in [0.05, 0.1) is 11.4 Å². The lowest BCUT2D eigenvalue weighted by Crippen LogP contribution is -1.87. The topological polar surface area (TPSA) is 41.6 Å². The second-order valence-electron chi connectivity index (χ2n) is 6.86. The molecule has 3 nitrogen and oxygen atoms in total. The highest BCUT2D eigenvalue weighted by Crippen LogP contribution is 2.33. The Balaban J connectivity index is 1.79. The summed E-state index contributed by atoms with van der Waals surface area (Å²) >= 11 is 6.18. The number of aryl methyl sites for hydroxylation is 1. The zero-order valence-electron chi connectivity index (χ0n) is 15.8. The van der Waals surface area contributed by atoms with E-state index in [4.69, 9.17) is 16.6 Å². The van der Waals surface area contributed by atoms with E-state index in [0.29, 0.717) is 5.02 Å². The van der Waals surface area contributed by atoms with E-state index >= 15 is 0 Å². The molecule has 1 N–H and O–H groups in total. The van der Waals surface area contributed by atoms with Gasteiger partial charge in [-0.3, -0.25) is 4.98 Å². The summed E-state index contributed by atoms with van der Waals surface area (Å²) in [6.45, 7) is 2.22. The second-order valence-corrected chi connectivity index (χ2v) is 7.29. The summed E-state index contributed by atoms with van der Waals surface area (Å²) in [7, 11) is 0. The van der Waals surface area contributed by atoms with Gasteiger partial charge in [-0.1, -0.05) is 61.3 Å². The number of unbranched alkanes of at least 4 members (excludes halogenated alkanes) is 1. The van der Waals surface area contributed by atoms with E-state index in [2.05, 4.69) is 41.2 Å². The van der Waals surface area contributed by atoms with Gasteiger partial charge in [0.1, 0.15) is 5.82 Å². The molecule has 0 amide bonds. The zero-order valence-corrected chi connectivity index (χ0v) is 16.6. The number of rotatable bonds is 6. The summed E-state index contributed by atoms with van der Waals surface area (Å²) < 4.78 is 0. The van der Waals surface area contributed by atoms with Crippen molar-refractivity contribution in [3.63, 3.8) is 0 Å². The third kappa shape index (κ3) is 4.00. The maximum atomic E-state index is 6.18. The molecule has 0 saturated heterocycles. The van der Waals surface area contributed by atoms with Crippen LogP contribution in [0.4, 0.5) is 0 Å². The van der Waals surface area contributed by atoms with E-state index in [9.17, 15) is 0 Å². The van der Waals surface area contributed by atoms with Crippen LogP contribution in [0.3, 0.4) is 0 Å². The number of imidazole rings is 1. The monoisotopic (exact) mass is 387 g/mol. The number of halogens is 1. The molecule has 4 heteroatoms. The van der Waals surface area contributed by atoms with Crippen molar-refractivity contribution in [3.8, 4) is 33.9 Å². The van der Waals surface area contributed by atoms with Crippen molar-refractivity contribution in [2.24, 2.45) is 0 Å². The Morgan fingerprint density at radius 3 is 2.39 bits per heavy atom. The van der Waals surface area contributed by atoms with Gasteiger partial charge >= 0.3 is 0 Å². The molecule has 0 radical (unpaired) electrons. The van der Waals surface area contributed by atoms with Crippen LogP contribution in [0.5, 0.6) is 0 Å². The molecular weight excluding hydrogens is 366 g/mol. The van der Waals surface area contributed by atoms with Gasteiger partial charge in [-0.2, -0.15) is 0 Å². The highest BCUT2D eigenvalue weighted by molar-refractivity contribution is 6.30. The Morgan fingerprint density at radius 2 is 1.68 bits per heavy atom. The number of H-pyrrole nitrogens is 1. The van der Waals surface area contributed by atoms with Gasteiger partial charge in [0.15, 0.2) is 0 Å². The van der Waals surface area contributed by atoms with Crippen molar-refractivity contribution in [3.05, 3.63) is 83.6 Å². The summed E-state index contributed by atoms with van der Waals surface area (Å²) in [6.07, 6.45) is 7.13. The molecule has 0 spiro atoms. The Hall–Kier alpha value is -2.91. The van der Waals surface area contributed by atoms with E-state index in [1.165, 1.54) is 18.4 Å². The van der Waals surface area contributed by atoms with Crippen molar-refractivity contribution in [1.29, 1.82) is 0 Å². The molecule has 2 aromatic heterocycles. The number of pyridine rings is 1. The molecule has 28 heavy (non-hydrogen) atoms. The summed E-state index contributed by atoms with van der Waals surface area (Å²) in [4.78, 5) is 12.6. The van der Waals surface area contributed by atoms with Crippen molar-refractivity contribution in [2.75, 3.05) is 0 Å². The first-order valence-corrected chi connectivity index (χ1v) is 9.98. The fourth-order valence-corrected chi connectivity index (χ4v) is 3.48. The minimum atomic E-state index is 0.696. The van der Waals surface area contributed by atoms with Crippen LogP contribution in [-0.2, 0) is 6.42 Å². The maximum Gasteiger partial charge on any atom is 0.138 e. The molecule has 140 valence electrons. The molecule has 0 aliphatic heterocycles. The van der Waals surface area contributed by atoms with E-state index in [1.807, 2.05) is 36.4 Å². The van der Waals surface area contributed by atoms with Crippen LogP contribution < -0.4 is 0 Å². The van der Waals surface area contributed by atoms with E-state index in [-0.39, 0.29) is 0 Å². The predicted molar refractivity (Wildman–Crippen MR) is 116 cm³/mol. The first-order chi connectivity index (χ1) is 13.7.